The second-order valence-corrected chi connectivity index (χ2v) is 4.82. The summed E-state index contributed by atoms with van der Waals surface area (Å²) >= 11 is 0. The highest BCUT2D eigenvalue weighted by molar-refractivity contribution is 5.84. The summed E-state index contributed by atoms with van der Waals surface area (Å²) in [6, 6.07) is 0.286. The molecule has 0 rings (SSSR count). The first-order chi connectivity index (χ1) is 7.40. The van der Waals surface area contributed by atoms with E-state index in [4.69, 9.17) is 4.74 Å². The number of hydrogen-bond donors (Lipinski definition) is 0. The van der Waals surface area contributed by atoms with Crippen LogP contribution in [-0.2, 0) is 9.53 Å². The van der Waals surface area contributed by atoms with Gasteiger partial charge in [-0.05, 0) is 33.6 Å². The molecule has 0 N–H and O–H groups in total. The van der Waals surface area contributed by atoms with Crippen LogP contribution in [0.3, 0.4) is 0 Å². The van der Waals surface area contributed by atoms with Crippen molar-refractivity contribution in [3.8, 4) is 0 Å². The van der Waals surface area contributed by atoms with Crippen LogP contribution < -0.4 is 0 Å². The average Bonchev–Trinajstić information content (AvgIpc) is 2.28. The van der Waals surface area contributed by atoms with E-state index < -0.39 is 5.60 Å². The maximum absolute atomic E-state index is 12.3. The zero-order chi connectivity index (χ0) is 12.8. The first-order valence-electron chi connectivity index (χ1n) is 6.26. The van der Waals surface area contributed by atoms with Crippen LogP contribution in [0.15, 0.2) is 0 Å². The quantitative estimate of drug-likeness (QED) is 0.672. The molecule has 0 spiro atoms. The molecule has 0 aromatic rings. The van der Waals surface area contributed by atoms with Crippen molar-refractivity contribution in [1.29, 1.82) is 0 Å². The van der Waals surface area contributed by atoms with Crippen LogP contribution in [-0.4, -0.2) is 36.1 Å². The third-order valence-electron chi connectivity index (χ3n) is 3.16. The van der Waals surface area contributed by atoms with E-state index in [2.05, 4.69) is 20.8 Å². The van der Waals surface area contributed by atoms with Crippen LogP contribution in [0.4, 0.5) is 0 Å². The lowest BCUT2D eigenvalue weighted by molar-refractivity contribution is -0.153. The Morgan fingerprint density at radius 2 is 1.94 bits per heavy atom. The van der Waals surface area contributed by atoms with Crippen molar-refractivity contribution < 1.29 is 9.53 Å². The topological polar surface area (TPSA) is 29.5 Å². The Balaban J connectivity index is 4.68. The minimum Gasteiger partial charge on any atom is -0.369 e. The number of rotatable bonds is 7. The summed E-state index contributed by atoms with van der Waals surface area (Å²) < 4.78 is 5.26. The second kappa shape index (κ2) is 6.89. The predicted molar refractivity (Wildman–Crippen MR) is 67.5 cm³/mol. The van der Waals surface area contributed by atoms with E-state index in [9.17, 15) is 4.79 Å². The number of hydrogen-bond acceptors (Lipinski definition) is 2. The van der Waals surface area contributed by atoms with Gasteiger partial charge in [-0.1, -0.05) is 20.3 Å². The molecule has 1 atom stereocenters. The van der Waals surface area contributed by atoms with E-state index in [0.717, 1.165) is 25.8 Å². The summed E-state index contributed by atoms with van der Waals surface area (Å²) in [5, 5.41) is 0. The zero-order valence-corrected chi connectivity index (χ0v) is 11.7. The van der Waals surface area contributed by atoms with Crippen LogP contribution in [0.2, 0.25) is 0 Å². The molecule has 0 saturated heterocycles. The first-order valence-corrected chi connectivity index (χ1v) is 6.26. The van der Waals surface area contributed by atoms with Gasteiger partial charge in [0, 0.05) is 19.7 Å². The molecule has 16 heavy (non-hydrogen) atoms. The highest BCUT2D eigenvalue weighted by Gasteiger charge is 2.33. The monoisotopic (exact) mass is 229 g/mol. The molecule has 0 aliphatic rings. The lowest BCUT2D eigenvalue weighted by atomic mass is 10.1. The van der Waals surface area contributed by atoms with Crippen molar-refractivity contribution in [3.05, 3.63) is 0 Å². The molecule has 0 aromatic carbocycles. The van der Waals surface area contributed by atoms with E-state index in [1.807, 2.05) is 18.7 Å². The van der Waals surface area contributed by atoms with Crippen LogP contribution in [0, 0.1) is 0 Å². The largest absolute Gasteiger partial charge is 0.369 e. The smallest absolute Gasteiger partial charge is 0.254 e. The van der Waals surface area contributed by atoms with Gasteiger partial charge in [0.15, 0.2) is 0 Å². The fourth-order valence-corrected chi connectivity index (χ4v) is 1.50. The number of methoxy groups -OCH3 is 1. The Bertz CT molecular complexity index is 214. The minimum absolute atomic E-state index is 0.0952. The molecule has 0 aliphatic carbocycles. The van der Waals surface area contributed by atoms with Gasteiger partial charge in [-0.15, -0.1) is 0 Å². The number of nitrogens with zero attached hydrogens (tertiary/aromatic N) is 1. The maximum Gasteiger partial charge on any atom is 0.254 e. The van der Waals surface area contributed by atoms with Crippen LogP contribution in [0.1, 0.15) is 53.9 Å². The average molecular weight is 229 g/mol. The van der Waals surface area contributed by atoms with Gasteiger partial charge in [0.1, 0.15) is 5.60 Å². The van der Waals surface area contributed by atoms with E-state index in [-0.39, 0.29) is 11.9 Å². The van der Waals surface area contributed by atoms with Gasteiger partial charge in [-0.2, -0.15) is 0 Å². The normalized spacial score (nSPS) is 13.6. The Morgan fingerprint density at radius 1 is 1.38 bits per heavy atom. The Morgan fingerprint density at radius 3 is 2.31 bits per heavy atom. The Kier molecular flexibility index (Phi) is 6.65. The van der Waals surface area contributed by atoms with Gasteiger partial charge in [-0.3, -0.25) is 4.79 Å². The highest BCUT2D eigenvalue weighted by Crippen LogP contribution is 2.16. The van der Waals surface area contributed by atoms with Crippen molar-refractivity contribution >= 4 is 5.91 Å². The summed E-state index contributed by atoms with van der Waals surface area (Å²) in [5.74, 6) is 0.0952. The van der Waals surface area contributed by atoms with Gasteiger partial charge in [-0.25, -0.2) is 0 Å². The summed E-state index contributed by atoms with van der Waals surface area (Å²) in [4.78, 5) is 14.3. The van der Waals surface area contributed by atoms with Gasteiger partial charge < -0.3 is 9.64 Å². The number of carbonyl (C=O) groups is 1. The molecular weight excluding hydrogens is 202 g/mol. The van der Waals surface area contributed by atoms with E-state index in [1.165, 1.54) is 0 Å². The second-order valence-electron chi connectivity index (χ2n) is 4.82. The van der Waals surface area contributed by atoms with Crippen molar-refractivity contribution in [2.45, 2.75) is 65.5 Å². The maximum atomic E-state index is 12.3. The van der Waals surface area contributed by atoms with Crippen molar-refractivity contribution in [1.82, 2.24) is 4.90 Å². The molecular formula is C13H27NO2. The predicted octanol–water partition coefficient (Wildman–Crippen LogP) is 2.84. The summed E-state index contributed by atoms with van der Waals surface area (Å²) in [7, 11) is 1.59. The third-order valence-corrected chi connectivity index (χ3v) is 3.16. The molecule has 0 bridgehead atoms. The molecule has 1 unspecified atom stereocenters. The third kappa shape index (κ3) is 4.12. The highest BCUT2D eigenvalue weighted by atomic mass is 16.5. The van der Waals surface area contributed by atoms with Gasteiger partial charge in [0.05, 0.1) is 0 Å². The summed E-state index contributed by atoms with van der Waals surface area (Å²) in [6.07, 6.45) is 3.14. The molecule has 96 valence electrons. The lowest BCUT2D eigenvalue weighted by Gasteiger charge is -2.35. The Labute approximate surface area is 100 Å². The SMILES string of the molecule is CCCCN(C(=O)C(C)(C)OC)C(C)CC. The van der Waals surface area contributed by atoms with E-state index >= 15 is 0 Å². The van der Waals surface area contributed by atoms with Crippen LogP contribution in [0.5, 0.6) is 0 Å². The van der Waals surface area contributed by atoms with E-state index in [1.54, 1.807) is 7.11 Å². The fraction of sp³-hybridized carbons (Fsp3) is 0.923. The molecule has 0 heterocycles. The molecule has 0 aliphatic heterocycles. The summed E-state index contributed by atoms with van der Waals surface area (Å²) in [6.45, 7) is 10.8. The van der Waals surface area contributed by atoms with Crippen LogP contribution >= 0.6 is 0 Å². The van der Waals surface area contributed by atoms with Gasteiger partial charge in [0.2, 0.25) is 0 Å². The molecule has 0 saturated carbocycles. The summed E-state index contributed by atoms with van der Waals surface area (Å²) in [5.41, 5.74) is -0.711. The fourth-order valence-electron chi connectivity index (χ4n) is 1.50. The molecule has 0 fully saturated rings. The van der Waals surface area contributed by atoms with Crippen molar-refractivity contribution in [3.63, 3.8) is 0 Å². The molecule has 1 amide bonds. The van der Waals surface area contributed by atoms with Crippen molar-refractivity contribution in [2.24, 2.45) is 0 Å². The number of amides is 1. The number of ether oxygens (including phenoxy) is 1. The van der Waals surface area contributed by atoms with Gasteiger partial charge in [0.25, 0.3) is 5.91 Å². The van der Waals surface area contributed by atoms with Crippen molar-refractivity contribution in [2.75, 3.05) is 13.7 Å². The Hall–Kier alpha value is -0.570. The molecule has 0 radical (unpaired) electrons. The molecule has 3 heteroatoms. The molecule has 0 aromatic heterocycles. The van der Waals surface area contributed by atoms with E-state index in [0.29, 0.717) is 0 Å². The lowest BCUT2D eigenvalue weighted by Crippen LogP contribution is -2.50. The standard InChI is InChI=1S/C13H27NO2/c1-7-9-10-14(11(3)8-2)12(15)13(4,5)16-6/h11H,7-10H2,1-6H3. The number of carbonyl (C=O) groups excluding carboxylic acids is 1. The molecule has 3 nitrogen and oxygen atoms in total. The number of unbranched alkanes of at least 4 members (excludes halogenated alkanes) is 1. The first kappa shape index (κ1) is 15.4. The van der Waals surface area contributed by atoms with Gasteiger partial charge >= 0.3 is 0 Å². The minimum atomic E-state index is -0.711. The van der Waals surface area contributed by atoms with Crippen LogP contribution in [0.25, 0.3) is 0 Å². The zero-order valence-electron chi connectivity index (χ0n) is 11.7.